The Balaban J connectivity index is 0.000000280. The number of nitrogens with zero attached hydrogens (tertiary/aromatic N) is 6. The molecule has 6 amide bonds. The normalized spacial score (nSPS) is 13.2. The quantitative estimate of drug-likeness (QED) is 0.0110. The lowest BCUT2D eigenvalue weighted by Crippen LogP contribution is -2.35. The maximum Gasteiger partial charge on any atom is 0.389 e. The Hall–Kier alpha value is -9.18. The van der Waals surface area contributed by atoms with Crippen LogP contribution in [0.2, 0.25) is 5.02 Å². The zero-order valence-corrected chi connectivity index (χ0v) is 52.2. The highest BCUT2D eigenvalue weighted by molar-refractivity contribution is 7.90. The third-order valence-electron chi connectivity index (χ3n) is 11.2. The Morgan fingerprint density at radius 3 is 1.79 bits per heavy atom. The minimum Gasteiger partial charge on any atom is -0.480 e. The van der Waals surface area contributed by atoms with Crippen molar-refractivity contribution in [1.82, 2.24) is 39.7 Å². The zero-order chi connectivity index (χ0) is 70.5. The van der Waals surface area contributed by atoms with Crippen LogP contribution in [0.4, 0.5) is 57.9 Å². The average Bonchev–Trinajstić information content (AvgIpc) is 1.59. The van der Waals surface area contributed by atoms with Crippen molar-refractivity contribution in [1.29, 1.82) is 0 Å². The Morgan fingerprint density at radius 2 is 1.29 bits per heavy atom. The molecule has 9 N–H and O–H groups in total. The van der Waals surface area contributed by atoms with Gasteiger partial charge >= 0.3 is 63.0 Å². The first-order valence-electron chi connectivity index (χ1n) is 25.9. The van der Waals surface area contributed by atoms with Crippen LogP contribution in [0.25, 0.3) is 6.08 Å². The van der Waals surface area contributed by atoms with Crippen LogP contribution in [-0.4, -0.2) is 149 Å². The summed E-state index contributed by atoms with van der Waals surface area (Å²) in [6, 6.07) is 11.8. The van der Waals surface area contributed by atoms with Gasteiger partial charge in [-0.15, -0.1) is 0 Å². The highest BCUT2D eigenvalue weighted by Crippen LogP contribution is 2.37. The number of methoxy groups -OCH3 is 1. The molecule has 0 radical (unpaired) electrons. The summed E-state index contributed by atoms with van der Waals surface area (Å²) >= 11 is 12.1. The van der Waals surface area contributed by atoms with E-state index in [1.807, 2.05) is 0 Å². The molecule has 3 heterocycles. The largest absolute Gasteiger partial charge is 0.480 e. The van der Waals surface area contributed by atoms with Crippen LogP contribution in [0, 0.1) is 6.92 Å². The van der Waals surface area contributed by atoms with Gasteiger partial charge in [-0.25, -0.2) is 50.4 Å². The Labute approximate surface area is 536 Å². The molecule has 0 atom stereocenters. The number of anilines is 3. The van der Waals surface area contributed by atoms with Gasteiger partial charge in [0.05, 0.1) is 48.8 Å². The Kier molecular flexibility index (Phi) is 28.5. The molecular formula is C51H51Cl2F7N11O20PS2. The number of hydrogen-bond acceptors (Lipinski definition) is 22. The predicted octanol–water partition coefficient (Wildman–Crippen LogP) is 7.10. The number of carbonyl (C=O) groups excluding carboxylic acids is 5. The summed E-state index contributed by atoms with van der Waals surface area (Å²) in [5, 5.41) is 23.1. The molecule has 0 saturated heterocycles. The highest BCUT2D eigenvalue weighted by Gasteiger charge is 2.40. The number of aliphatic carboxylic acids is 1. The molecule has 0 unspecified atom stereocenters. The van der Waals surface area contributed by atoms with Gasteiger partial charge < -0.3 is 38.9 Å². The molecule has 7 rings (SSSR count). The van der Waals surface area contributed by atoms with Gasteiger partial charge in [-0.1, -0.05) is 53.5 Å². The molecule has 510 valence electrons. The van der Waals surface area contributed by atoms with E-state index in [1.165, 1.54) is 60.1 Å². The summed E-state index contributed by atoms with van der Waals surface area (Å²) in [6.45, 7) is -3.88. The topological polar surface area (TPSA) is 451 Å². The van der Waals surface area contributed by atoms with Crippen LogP contribution in [0.1, 0.15) is 66.3 Å². The number of aromatic nitrogens is 5. The van der Waals surface area contributed by atoms with Crippen LogP contribution < -0.4 is 44.5 Å². The van der Waals surface area contributed by atoms with E-state index in [9.17, 15) is 85.7 Å². The van der Waals surface area contributed by atoms with E-state index in [0.29, 0.717) is 46.3 Å². The number of aromatic carboxylic acids is 1. The summed E-state index contributed by atoms with van der Waals surface area (Å²) in [6.07, 6.45) is -2.34. The van der Waals surface area contributed by atoms with Gasteiger partial charge in [0.15, 0.2) is 0 Å². The van der Waals surface area contributed by atoms with Gasteiger partial charge in [-0.05, 0) is 99.6 Å². The Morgan fingerprint density at radius 1 is 0.766 bits per heavy atom. The second-order valence-electron chi connectivity index (χ2n) is 18.1. The number of carboxylic acid groups (broad SMARTS) is 2. The van der Waals surface area contributed by atoms with Crippen molar-refractivity contribution in [3.63, 3.8) is 0 Å². The predicted molar refractivity (Wildman–Crippen MR) is 312 cm³/mol. The monoisotopic (exact) mass is 1440 g/mol. The smallest absolute Gasteiger partial charge is 0.389 e. The number of benzene rings is 3. The number of halogens is 9. The number of sulfonamides is 2. The molecule has 0 fully saturated rings. The van der Waals surface area contributed by atoms with Crippen LogP contribution in [0.5, 0.6) is 17.8 Å². The van der Waals surface area contributed by atoms with Crippen LogP contribution >= 0.6 is 30.8 Å². The van der Waals surface area contributed by atoms with Gasteiger partial charge in [-0.2, -0.15) is 55.7 Å². The van der Waals surface area contributed by atoms with Crippen molar-refractivity contribution in [2.45, 2.75) is 81.6 Å². The average molecular weight is 1440 g/mol. The van der Waals surface area contributed by atoms with E-state index in [0.717, 1.165) is 31.0 Å². The maximum atomic E-state index is 12.7. The van der Waals surface area contributed by atoms with Crippen molar-refractivity contribution in [3.8, 4) is 17.8 Å². The molecule has 1 aliphatic carbocycles. The molecule has 2 aromatic heterocycles. The molecule has 5 aromatic rings. The number of amides is 6. The summed E-state index contributed by atoms with van der Waals surface area (Å²) in [5.41, 5.74) is 1.33. The number of nitrogens with one attached hydrogen (secondary N) is 5. The number of urea groups is 2. The summed E-state index contributed by atoms with van der Waals surface area (Å²) in [4.78, 5) is 116. The van der Waals surface area contributed by atoms with E-state index in [4.69, 9.17) is 52.7 Å². The molecule has 0 saturated carbocycles. The lowest BCUT2D eigenvalue weighted by Gasteiger charge is -2.16. The molecular weight excluding hydrogens is 1390 g/mol. The zero-order valence-electron chi connectivity index (χ0n) is 48.2. The van der Waals surface area contributed by atoms with E-state index in [-0.39, 0.29) is 46.8 Å². The van der Waals surface area contributed by atoms with Crippen molar-refractivity contribution in [2.24, 2.45) is 0 Å². The molecule has 31 nitrogen and oxygen atoms in total. The second-order valence-corrected chi connectivity index (χ2v) is 23.9. The molecule has 0 spiro atoms. The van der Waals surface area contributed by atoms with E-state index < -0.39 is 136 Å². The second kappa shape index (κ2) is 34.6. The lowest BCUT2D eigenvalue weighted by atomic mass is 9.93. The highest BCUT2D eigenvalue weighted by atomic mass is 35.5. The first-order valence-corrected chi connectivity index (χ1v) is 31.5. The fourth-order valence-corrected chi connectivity index (χ4v) is 10.6. The summed E-state index contributed by atoms with van der Waals surface area (Å²) < 4.78 is 167. The van der Waals surface area contributed by atoms with Gasteiger partial charge in [0.1, 0.15) is 15.8 Å². The Bertz CT molecular complexity index is 3930. The minimum atomic E-state index is -4.71. The number of imide groups is 1. The maximum absolute atomic E-state index is 12.7. The van der Waals surface area contributed by atoms with Crippen molar-refractivity contribution >= 4 is 116 Å². The first-order chi connectivity index (χ1) is 43.8. The van der Waals surface area contributed by atoms with E-state index >= 15 is 0 Å². The van der Waals surface area contributed by atoms with Crippen molar-refractivity contribution in [2.75, 3.05) is 42.1 Å². The van der Waals surface area contributed by atoms with Gasteiger partial charge in [-0.3, -0.25) is 34.9 Å². The number of rotatable bonds is 22. The SMILES string of the molecule is CCOC(=O)/C(Cl)=C/c1cc(N2C(=O)C3=C(CCCC3)C2=O)ccc1Cl.COc1nc(C)nc(NC(=O)NS(=O)(=O)c2ccccc2CCC(F)(F)F)n1.O=C(Nc1nc(OC(F)F)cc(OC(F)F)n1)NS(=O)(=O)c1ccccc1C(=O)O.O=C(O)CNCP(=O)(O)O. The van der Waals surface area contributed by atoms with Gasteiger partial charge in [0.2, 0.25) is 23.7 Å². The molecule has 1 aliphatic heterocycles. The molecule has 2 aliphatic rings. The molecule has 43 heteroatoms. The van der Waals surface area contributed by atoms with Crippen LogP contribution in [0.15, 0.2) is 98.8 Å². The fraction of sp³-hybridized carbons (Fsp3) is 0.294. The van der Waals surface area contributed by atoms with E-state index in [2.05, 4.69) is 45.0 Å². The van der Waals surface area contributed by atoms with Crippen molar-refractivity contribution < 1.29 is 125 Å². The summed E-state index contributed by atoms with van der Waals surface area (Å²) in [7, 11) is -12.0. The number of aryl methyl sites for hydroxylation is 2. The third kappa shape index (κ3) is 25.0. The minimum absolute atomic E-state index is 0.0715. The lowest BCUT2D eigenvalue weighted by molar-refractivity contribution is -0.138. The number of alkyl halides is 7. The van der Waals surface area contributed by atoms with Crippen LogP contribution in [-0.2, 0) is 54.9 Å². The molecule has 94 heavy (non-hydrogen) atoms. The van der Waals surface area contributed by atoms with Gasteiger partial charge in [0, 0.05) is 22.6 Å². The standard InChI is InChI=1S/C19H17Cl2NO4.C15H16F3N5O4S.C14H10F4N4O7S.C3H8NO5P/c1-2-26-19(25)16(21)10-11-9-12(7-8-15(11)20)22-17(23)13-5-3-4-6-14(13)18(22)24;1-9-19-12(22-14(20-9)27-2)21-13(24)23-28(25,26)11-6-4-3-5-10(11)7-8-15(16,17)18;15-11(16)28-8-5-9(29-12(17)18)20-13(19-8)21-14(25)22-30(26,27)7-4-2-1-3-6(7)10(23)24;5-3(6)1-4-2-10(7,8)9/h7-10H,2-6H2,1H3;3-6H,7-8H2,1-2H3,(H2,19,20,21,22,23,24);1-5,11-12H,(H,23,24)(H2,19,20,21,22,25);4H,1-2H2,(H,5,6)(H2,7,8,9)/b16-10-;;;. The number of carboxylic acids is 2. The van der Waals surface area contributed by atoms with Crippen LogP contribution in [0.3, 0.4) is 0 Å². The molecule has 0 bridgehead atoms. The van der Waals surface area contributed by atoms with Crippen molar-refractivity contribution in [3.05, 3.63) is 117 Å². The number of ether oxygens (including phenoxy) is 4. The number of esters is 1. The van der Waals surface area contributed by atoms with E-state index in [1.54, 1.807) is 35.2 Å². The number of hydrogen-bond donors (Lipinski definition) is 9. The third-order valence-corrected chi connectivity index (χ3v) is 15.3. The number of carbonyl (C=O) groups is 7. The summed E-state index contributed by atoms with van der Waals surface area (Å²) in [5.74, 6) is -6.88. The fourth-order valence-electron chi connectivity index (χ4n) is 7.56. The molecule has 3 aromatic carbocycles. The van der Waals surface area contributed by atoms with Gasteiger partial charge in [0.25, 0.3) is 31.9 Å². The first kappa shape index (κ1) is 77.3.